The van der Waals surface area contributed by atoms with Crippen molar-refractivity contribution in [2.45, 2.75) is 19.9 Å². The Kier molecular flexibility index (Phi) is 4.54. The van der Waals surface area contributed by atoms with E-state index < -0.39 is 5.92 Å². The fourth-order valence-electron chi connectivity index (χ4n) is 3.97. The van der Waals surface area contributed by atoms with E-state index in [0.29, 0.717) is 42.6 Å². The number of imidazole rings is 1. The minimum Gasteiger partial charge on any atom is -0.486 e. The third kappa shape index (κ3) is 3.24. The van der Waals surface area contributed by atoms with Crippen molar-refractivity contribution in [3.05, 3.63) is 42.7 Å². The van der Waals surface area contributed by atoms with Gasteiger partial charge in [0.1, 0.15) is 13.2 Å². The number of fused-ring (bicyclic) bond motifs is 2. The maximum absolute atomic E-state index is 12.8. The summed E-state index contributed by atoms with van der Waals surface area (Å²) in [5.74, 6) is 0.627. The molecule has 0 spiro atoms. The van der Waals surface area contributed by atoms with Crippen molar-refractivity contribution in [3.8, 4) is 11.5 Å². The number of rotatable bonds is 4. The first-order valence-electron chi connectivity index (χ1n) is 10.1. The van der Waals surface area contributed by atoms with Crippen LogP contribution in [-0.2, 0) is 16.1 Å². The average molecular weight is 406 g/mol. The Morgan fingerprint density at radius 3 is 2.83 bits per heavy atom. The maximum atomic E-state index is 12.8. The van der Waals surface area contributed by atoms with Crippen molar-refractivity contribution in [2.24, 2.45) is 5.92 Å². The minimum atomic E-state index is -0.422. The van der Waals surface area contributed by atoms with Gasteiger partial charge in [-0.15, -0.1) is 0 Å². The van der Waals surface area contributed by atoms with Gasteiger partial charge in [0.05, 0.1) is 23.3 Å². The van der Waals surface area contributed by atoms with Crippen LogP contribution in [0.3, 0.4) is 0 Å². The maximum Gasteiger partial charge on any atom is 0.229 e. The zero-order chi connectivity index (χ0) is 20.7. The monoisotopic (exact) mass is 406 g/mol. The number of benzene rings is 2. The molecule has 0 saturated carbocycles. The van der Waals surface area contributed by atoms with Gasteiger partial charge in [0.15, 0.2) is 11.5 Å². The fraction of sp³-hybridized carbons (Fsp3) is 0.318. The van der Waals surface area contributed by atoms with Crippen molar-refractivity contribution in [1.82, 2.24) is 9.55 Å². The first-order chi connectivity index (χ1) is 14.6. The number of hydrogen-bond donors (Lipinski definition) is 1. The Morgan fingerprint density at radius 1 is 1.17 bits per heavy atom. The van der Waals surface area contributed by atoms with E-state index in [4.69, 9.17) is 9.47 Å². The van der Waals surface area contributed by atoms with Gasteiger partial charge in [-0.1, -0.05) is 0 Å². The predicted octanol–water partition coefficient (Wildman–Crippen LogP) is 2.82. The molecule has 1 saturated heterocycles. The summed E-state index contributed by atoms with van der Waals surface area (Å²) in [6, 6.07) is 11.1. The van der Waals surface area contributed by atoms with E-state index in [0.717, 1.165) is 17.6 Å². The molecule has 30 heavy (non-hydrogen) atoms. The van der Waals surface area contributed by atoms with Crippen LogP contribution in [0, 0.1) is 5.92 Å². The van der Waals surface area contributed by atoms with Crippen molar-refractivity contribution >= 4 is 34.2 Å². The lowest BCUT2D eigenvalue weighted by Crippen LogP contribution is -2.28. The average Bonchev–Trinajstić information content (AvgIpc) is 3.36. The van der Waals surface area contributed by atoms with Gasteiger partial charge in [0.25, 0.3) is 0 Å². The third-order valence-corrected chi connectivity index (χ3v) is 5.56. The normalized spacial score (nSPS) is 18.1. The molecular formula is C22H22N4O4. The van der Waals surface area contributed by atoms with Crippen LogP contribution in [0.1, 0.15) is 13.3 Å². The van der Waals surface area contributed by atoms with E-state index in [9.17, 15) is 9.59 Å². The summed E-state index contributed by atoms with van der Waals surface area (Å²) >= 11 is 0. The molecule has 2 aromatic carbocycles. The van der Waals surface area contributed by atoms with Gasteiger partial charge in [-0.3, -0.25) is 9.59 Å². The van der Waals surface area contributed by atoms with Crippen LogP contribution < -0.4 is 19.7 Å². The van der Waals surface area contributed by atoms with Crippen LogP contribution in [0.25, 0.3) is 11.0 Å². The number of ether oxygens (including phenoxy) is 2. The van der Waals surface area contributed by atoms with Crippen molar-refractivity contribution in [1.29, 1.82) is 0 Å². The van der Waals surface area contributed by atoms with Crippen LogP contribution in [0.4, 0.5) is 11.4 Å². The van der Waals surface area contributed by atoms with Gasteiger partial charge in [0, 0.05) is 37.0 Å². The molecule has 3 aromatic rings. The molecule has 1 atom stereocenters. The smallest absolute Gasteiger partial charge is 0.229 e. The molecule has 3 heterocycles. The van der Waals surface area contributed by atoms with Crippen LogP contribution in [0.2, 0.25) is 0 Å². The van der Waals surface area contributed by atoms with Gasteiger partial charge < -0.3 is 24.3 Å². The Labute approximate surface area is 173 Å². The molecule has 2 aliphatic rings. The summed E-state index contributed by atoms with van der Waals surface area (Å²) in [5.41, 5.74) is 3.25. The lowest BCUT2D eigenvalue weighted by atomic mass is 10.1. The van der Waals surface area contributed by atoms with E-state index in [1.807, 2.05) is 28.8 Å². The molecule has 8 heteroatoms. The molecule has 8 nitrogen and oxygen atoms in total. The summed E-state index contributed by atoms with van der Waals surface area (Å²) in [6.07, 6.45) is 1.96. The molecule has 1 N–H and O–H groups in total. The number of aromatic nitrogens is 2. The molecule has 1 aromatic heterocycles. The van der Waals surface area contributed by atoms with E-state index in [2.05, 4.69) is 17.2 Å². The highest BCUT2D eigenvalue weighted by molar-refractivity contribution is 6.04. The Balaban J connectivity index is 1.30. The number of carbonyl (C=O) groups is 2. The summed E-state index contributed by atoms with van der Waals surface area (Å²) in [7, 11) is 0. The largest absolute Gasteiger partial charge is 0.486 e. The van der Waals surface area contributed by atoms with Crippen molar-refractivity contribution in [2.75, 3.05) is 30.0 Å². The van der Waals surface area contributed by atoms with E-state index in [1.165, 1.54) is 0 Å². The molecule has 0 bridgehead atoms. The first-order valence-corrected chi connectivity index (χ1v) is 10.1. The molecule has 1 unspecified atom stereocenters. The van der Waals surface area contributed by atoms with Crippen LogP contribution >= 0.6 is 0 Å². The highest BCUT2D eigenvalue weighted by Gasteiger charge is 2.35. The number of amides is 2. The zero-order valence-corrected chi connectivity index (χ0v) is 16.6. The van der Waals surface area contributed by atoms with Gasteiger partial charge in [-0.05, 0) is 37.3 Å². The fourth-order valence-corrected chi connectivity index (χ4v) is 3.97. The van der Waals surface area contributed by atoms with Gasteiger partial charge >= 0.3 is 0 Å². The lowest BCUT2D eigenvalue weighted by molar-refractivity contribution is -0.122. The standard InChI is InChI=1S/C22H22N4O4/c1-2-25-13-23-17-10-15(3-5-18(17)25)24-22(28)14-9-21(27)26(12-14)16-4-6-19-20(11-16)30-8-7-29-19/h3-6,10-11,13-14H,2,7-9,12H2,1H3,(H,24,28). The third-order valence-electron chi connectivity index (χ3n) is 5.56. The summed E-state index contributed by atoms with van der Waals surface area (Å²) < 4.78 is 13.2. The molecular weight excluding hydrogens is 384 g/mol. The first kappa shape index (κ1) is 18.5. The number of nitrogens with one attached hydrogen (secondary N) is 1. The molecule has 2 aliphatic heterocycles. The molecule has 0 radical (unpaired) electrons. The SMILES string of the molecule is CCn1cnc2cc(NC(=O)C3CC(=O)N(c4ccc5c(c4)OCCO5)C3)ccc21. The number of nitrogens with zero attached hydrogens (tertiary/aromatic N) is 3. The number of aryl methyl sites for hydroxylation is 1. The summed E-state index contributed by atoms with van der Waals surface area (Å²) in [4.78, 5) is 31.4. The van der Waals surface area contributed by atoms with Crippen LogP contribution in [0.5, 0.6) is 11.5 Å². The topological polar surface area (TPSA) is 85.7 Å². The molecule has 1 fully saturated rings. The van der Waals surface area contributed by atoms with Gasteiger partial charge in [0.2, 0.25) is 11.8 Å². The molecule has 154 valence electrons. The number of hydrogen-bond acceptors (Lipinski definition) is 5. The quantitative estimate of drug-likeness (QED) is 0.720. The minimum absolute atomic E-state index is 0.0797. The Morgan fingerprint density at radius 2 is 2.00 bits per heavy atom. The Hall–Kier alpha value is -3.55. The van der Waals surface area contributed by atoms with Crippen LogP contribution in [0.15, 0.2) is 42.7 Å². The van der Waals surface area contributed by atoms with Crippen LogP contribution in [-0.4, -0.2) is 41.1 Å². The van der Waals surface area contributed by atoms with E-state index in [1.54, 1.807) is 23.4 Å². The van der Waals surface area contributed by atoms with E-state index in [-0.39, 0.29) is 18.2 Å². The summed E-state index contributed by atoms with van der Waals surface area (Å²) in [5, 5.41) is 2.93. The summed E-state index contributed by atoms with van der Waals surface area (Å²) in [6.45, 7) is 4.22. The highest BCUT2D eigenvalue weighted by Crippen LogP contribution is 2.36. The lowest BCUT2D eigenvalue weighted by Gasteiger charge is -2.22. The van der Waals surface area contributed by atoms with Crippen molar-refractivity contribution in [3.63, 3.8) is 0 Å². The second-order valence-electron chi connectivity index (χ2n) is 7.46. The molecule has 5 rings (SSSR count). The molecule has 2 amide bonds. The highest BCUT2D eigenvalue weighted by atomic mass is 16.6. The van der Waals surface area contributed by atoms with Gasteiger partial charge in [-0.2, -0.15) is 0 Å². The molecule has 0 aliphatic carbocycles. The second kappa shape index (κ2) is 7.37. The number of anilines is 2. The van der Waals surface area contributed by atoms with Gasteiger partial charge in [-0.25, -0.2) is 4.98 Å². The number of carbonyl (C=O) groups excluding carboxylic acids is 2. The predicted molar refractivity (Wildman–Crippen MR) is 112 cm³/mol. The zero-order valence-electron chi connectivity index (χ0n) is 16.6. The van der Waals surface area contributed by atoms with E-state index >= 15 is 0 Å². The van der Waals surface area contributed by atoms with Crippen molar-refractivity contribution < 1.29 is 19.1 Å². The Bertz CT molecular complexity index is 1140. The second-order valence-corrected chi connectivity index (χ2v) is 7.46.